The Morgan fingerprint density at radius 3 is 1.63 bits per heavy atom. The molecule has 11 heteroatoms. The van der Waals surface area contributed by atoms with Gasteiger partial charge in [0.1, 0.15) is 31.0 Å². The summed E-state index contributed by atoms with van der Waals surface area (Å²) < 4.78 is 32.3. The molecule has 0 amide bonds. The predicted octanol–water partition coefficient (Wildman–Crippen LogP) is 3.92. The molecule has 12 saturated carbocycles. The lowest BCUT2D eigenvalue weighted by molar-refractivity contribution is -0.350. The molecule has 0 aromatic heterocycles. The first kappa shape index (κ1) is 34.0. The normalized spacial score (nSPS) is 52.6. The van der Waals surface area contributed by atoms with Crippen molar-refractivity contribution in [3.05, 3.63) is 12.2 Å². The number of carbonyl (C=O) groups excluding carboxylic acids is 4. The molecule has 12 aliphatic carbocycles. The Kier molecular flexibility index (Phi) is 7.23. The number of hydrogen-bond acceptors (Lipinski definition) is 11. The van der Waals surface area contributed by atoms with Crippen molar-refractivity contribution in [1.29, 1.82) is 0 Å². The highest BCUT2D eigenvalue weighted by molar-refractivity contribution is 5.87. The standard InChI is InChI=1S/C41H54O11/c1-22(2)32(42)52-40-14-26-4-27(15-40)11-38(10-26,21-40)35(46)49-19-31-30(18-48-34(45)37-8-24-3-25(9-37)13-39(47,12-24)20-37)50-41(51-31)28-5-23-6-29(41)17-36(7-23,16-28)33(43)44/h23-31,47H,1,3-21H2,2H3,(H,43,44)/p-1. The second-order valence-corrected chi connectivity index (χ2v) is 20.2. The van der Waals surface area contributed by atoms with E-state index in [9.17, 15) is 29.4 Å². The van der Waals surface area contributed by atoms with Crippen LogP contribution >= 0.6 is 0 Å². The highest BCUT2D eigenvalue weighted by Crippen LogP contribution is 2.67. The fourth-order valence-electron chi connectivity index (χ4n) is 15.4. The van der Waals surface area contributed by atoms with Gasteiger partial charge in [-0.3, -0.25) is 9.59 Å². The Hall–Kier alpha value is -2.50. The summed E-state index contributed by atoms with van der Waals surface area (Å²) in [6.45, 7) is 5.27. The van der Waals surface area contributed by atoms with Gasteiger partial charge in [-0.05, 0) is 139 Å². The third-order valence-electron chi connectivity index (χ3n) is 16.2. The van der Waals surface area contributed by atoms with Crippen molar-refractivity contribution in [3.8, 4) is 0 Å². The maximum absolute atomic E-state index is 14.2. The minimum Gasteiger partial charge on any atom is -0.550 e. The maximum atomic E-state index is 14.2. The molecular weight excluding hydrogens is 668 g/mol. The lowest BCUT2D eigenvalue weighted by Crippen LogP contribution is -2.65. The SMILES string of the molecule is C=C(C)C(=O)OC12CC3CC(C1)CC(C(=O)OCC1OC4(OC1COC(=O)C15CC6CC(CC(O)(C6)C1)C5)C1CC5CC4CC(C(=O)[O-])(C5)C1)(C3)C2. The van der Waals surface area contributed by atoms with Gasteiger partial charge in [0.2, 0.25) is 0 Å². The fourth-order valence-corrected chi connectivity index (χ4v) is 15.4. The first-order valence-electron chi connectivity index (χ1n) is 20.2. The van der Waals surface area contributed by atoms with Gasteiger partial charge in [-0.15, -0.1) is 0 Å². The average molecular weight is 722 g/mol. The Bertz CT molecular complexity index is 1570. The highest BCUT2D eigenvalue weighted by atomic mass is 16.8. The van der Waals surface area contributed by atoms with Crippen molar-refractivity contribution >= 4 is 23.9 Å². The molecule has 8 atom stereocenters. The van der Waals surface area contributed by atoms with E-state index >= 15 is 0 Å². The van der Waals surface area contributed by atoms with Crippen molar-refractivity contribution < 1.29 is 53.1 Å². The van der Waals surface area contributed by atoms with Crippen LogP contribution in [-0.2, 0) is 42.9 Å². The number of carboxylic acid groups (broad SMARTS) is 1. The summed E-state index contributed by atoms with van der Waals surface area (Å²) in [4.78, 5) is 53.4. The zero-order valence-corrected chi connectivity index (χ0v) is 30.4. The van der Waals surface area contributed by atoms with Gasteiger partial charge >= 0.3 is 17.9 Å². The minimum absolute atomic E-state index is 0.0674. The number of rotatable bonds is 9. The lowest BCUT2D eigenvalue weighted by atomic mass is 9.47. The van der Waals surface area contributed by atoms with Crippen LogP contribution in [0, 0.1) is 57.7 Å². The topological polar surface area (TPSA) is 158 Å². The first-order chi connectivity index (χ1) is 24.6. The number of carboxylic acids is 1. The van der Waals surface area contributed by atoms with E-state index in [2.05, 4.69) is 6.58 Å². The van der Waals surface area contributed by atoms with Gasteiger partial charge in [0.25, 0.3) is 0 Å². The van der Waals surface area contributed by atoms with E-state index in [1.54, 1.807) is 6.92 Å². The third kappa shape index (κ3) is 4.99. The summed E-state index contributed by atoms with van der Waals surface area (Å²) in [7, 11) is 0. The molecule has 13 aliphatic rings. The quantitative estimate of drug-likeness (QED) is 0.209. The molecule has 1 spiro atoms. The maximum Gasteiger partial charge on any atom is 0.333 e. The molecule has 284 valence electrons. The minimum atomic E-state index is -1.04. The van der Waals surface area contributed by atoms with Crippen LogP contribution in [0.3, 0.4) is 0 Å². The highest BCUT2D eigenvalue weighted by Gasteiger charge is 2.69. The van der Waals surface area contributed by atoms with Crippen LogP contribution in [0.15, 0.2) is 12.2 Å². The Morgan fingerprint density at radius 2 is 1.15 bits per heavy atom. The largest absolute Gasteiger partial charge is 0.550 e. The number of aliphatic carboxylic acids is 1. The number of esters is 3. The molecule has 1 saturated heterocycles. The number of ether oxygens (including phenoxy) is 5. The zero-order valence-electron chi connectivity index (χ0n) is 30.4. The Morgan fingerprint density at radius 1 is 0.673 bits per heavy atom. The van der Waals surface area contributed by atoms with Gasteiger partial charge in [0.05, 0.1) is 16.4 Å². The Labute approximate surface area is 304 Å². The molecule has 13 fully saturated rings. The van der Waals surface area contributed by atoms with Crippen molar-refractivity contribution in [2.45, 2.75) is 145 Å². The van der Waals surface area contributed by atoms with E-state index in [1.807, 2.05) is 0 Å². The van der Waals surface area contributed by atoms with Gasteiger partial charge in [0, 0.05) is 35.2 Å². The average Bonchev–Trinajstić information content (AvgIpc) is 3.41. The van der Waals surface area contributed by atoms with Crippen LogP contribution in [0.1, 0.15) is 116 Å². The van der Waals surface area contributed by atoms with Crippen LogP contribution in [0.5, 0.6) is 0 Å². The second-order valence-electron chi connectivity index (χ2n) is 20.2. The summed E-state index contributed by atoms with van der Waals surface area (Å²) in [5, 5.41) is 23.7. The summed E-state index contributed by atoms with van der Waals surface area (Å²) >= 11 is 0. The summed E-state index contributed by atoms with van der Waals surface area (Å²) in [5.74, 6) is -1.86. The van der Waals surface area contributed by atoms with E-state index in [-0.39, 0.29) is 54.7 Å². The number of hydrogen-bond donors (Lipinski definition) is 1. The van der Waals surface area contributed by atoms with Crippen molar-refractivity contribution in [2.75, 3.05) is 13.2 Å². The van der Waals surface area contributed by atoms with Crippen LogP contribution < -0.4 is 5.11 Å². The van der Waals surface area contributed by atoms with Gasteiger partial charge in [-0.2, -0.15) is 0 Å². The molecule has 11 nitrogen and oxygen atoms in total. The molecule has 12 bridgehead atoms. The molecule has 1 aliphatic heterocycles. The smallest absolute Gasteiger partial charge is 0.333 e. The van der Waals surface area contributed by atoms with Gasteiger partial charge in [0.15, 0.2) is 5.79 Å². The van der Waals surface area contributed by atoms with Crippen LogP contribution in [0.2, 0.25) is 0 Å². The molecular formula is C41H53O11-. The molecule has 1 N–H and O–H groups in total. The van der Waals surface area contributed by atoms with Crippen LogP contribution in [0.4, 0.5) is 0 Å². The van der Waals surface area contributed by atoms with Crippen LogP contribution in [-0.4, -0.2) is 71.4 Å². The van der Waals surface area contributed by atoms with Crippen LogP contribution in [0.25, 0.3) is 0 Å². The lowest BCUT2D eigenvalue weighted by Gasteiger charge is -2.63. The molecule has 0 aromatic carbocycles. The summed E-state index contributed by atoms with van der Waals surface area (Å²) in [5.41, 5.74) is -3.45. The van der Waals surface area contributed by atoms with E-state index < -0.39 is 57.4 Å². The zero-order chi connectivity index (χ0) is 36.1. The van der Waals surface area contributed by atoms with Crippen molar-refractivity contribution in [2.24, 2.45) is 57.7 Å². The van der Waals surface area contributed by atoms with Crippen molar-refractivity contribution in [3.63, 3.8) is 0 Å². The molecule has 0 aromatic rings. The van der Waals surface area contributed by atoms with Gasteiger partial charge in [-0.1, -0.05) is 6.58 Å². The summed E-state index contributed by atoms with van der Waals surface area (Å²) in [6, 6.07) is 0. The molecule has 0 radical (unpaired) electrons. The van der Waals surface area contributed by atoms with E-state index in [1.165, 1.54) is 0 Å². The summed E-state index contributed by atoms with van der Waals surface area (Å²) in [6.07, 6.45) is 10.5. The second kappa shape index (κ2) is 11.1. The Balaban J connectivity index is 0.883. The molecule has 8 unspecified atom stereocenters. The first-order valence-corrected chi connectivity index (χ1v) is 20.2. The molecule has 52 heavy (non-hydrogen) atoms. The van der Waals surface area contributed by atoms with E-state index in [0.29, 0.717) is 62.4 Å². The van der Waals surface area contributed by atoms with Crippen molar-refractivity contribution in [1.82, 2.24) is 0 Å². The molecule has 1 heterocycles. The van der Waals surface area contributed by atoms with E-state index in [0.717, 1.165) is 64.2 Å². The van der Waals surface area contributed by atoms with Gasteiger partial charge < -0.3 is 38.7 Å². The van der Waals surface area contributed by atoms with E-state index in [4.69, 9.17) is 23.7 Å². The number of carbonyl (C=O) groups is 4. The predicted molar refractivity (Wildman–Crippen MR) is 178 cm³/mol. The fraction of sp³-hybridized carbons (Fsp3) is 0.854. The molecule has 13 rings (SSSR count). The van der Waals surface area contributed by atoms with Gasteiger partial charge in [-0.25, -0.2) is 4.79 Å². The monoisotopic (exact) mass is 721 g/mol. The number of aliphatic hydroxyl groups is 1. The third-order valence-corrected chi connectivity index (χ3v) is 16.2.